The highest BCUT2D eigenvalue weighted by atomic mass is 16.4. The van der Waals surface area contributed by atoms with Crippen LogP contribution in [0.1, 0.15) is 25.7 Å². The van der Waals surface area contributed by atoms with Crippen molar-refractivity contribution >= 4 is 5.91 Å². The molecular formula is C12H26N2O6. The molecule has 0 saturated carbocycles. The third-order valence-electron chi connectivity index (χ3n) is 2.95. The molecule has 8 nitrogen and oxygen atoms in total. The zero-order chi connectivity index (χ0) is 15.5. The van der Waals surface area contributed by atoms with Crippen LogP contribution < -0.4 is 11.1 Å². The van der Waals surface area contributed by atoms with Crippen LogP contribution in [0.2, 0.25) is 0 Å². The first-order chi connectivity index (χ1) is 9.45. The van der Waals surface area contributed by atoms with Gasteiger partial charge in [0.1, 0.15) is 18.3 Å². The molecule has 4 unspecified atom stereocenters. The third-order valence-corrected chi connectivity index (χ3v) is 2.95. The van der Waals surface area contributed by atoms with Gasteiger partial charge in [-0.15, -0.1) is 0 Å². The van der Waals surface area contributed by atoms with E-state index < -0.39 is 36.9 Å². The first kappa shape index (κ1) is 19.2. The Kier molecular flexibility index (Phi) is 10.5. The van der Waals surface area contributed by atoms with Gasteiger partial charge >= 0.3 is 0 Å². The van der Waals surface area contributed by atoms with Gasteiger partial charge in [-0.2, -0.15) is 0 Å². The molecule has 0 aromatic carbocycles. The van der Waals surface area contributed by atoms with E-state index in [1.165, 1.54) is 0 Å². The van der Waals surface area contributed by atoms with Gasteiger partial charge in [0.05, 0.1) is 6.61 Å². The van der Waals surface area contributed by atoms with Crippen LogP contribution >= 0.6 is 0 Å². The van der Waals surface area contributed by atoms with E-state index in [0.717, 1.165) is 25.7 Å². The Bertz CT molecular complexity index is 266. The second-order valence-electron chi connectivity index (χ2n) is 4.67. The van der Waals surface area contributed by atoms with E-state index >= 15 is 0 Å². The zero-order valence-corrected chi connectivity index (χ0v) is 11.5. The molecule has 0 rings (SSSR count). The maximum absolute atomic E-state index is 11.5. The monoisotopic (exact) mass is 294 g/mol. The quantitative estimate of drug-likeness (QED) is 0.201. The Morgan fingerprint density at radius 3 is 2.15 bits per heavy atom. The third kappa shape index (κ3) is 7.13. The lowest BCUT2D eigenvalue weighted by atomic mass is 10.0. The molecule has 4 atom stereocenters. The van der Waals surface area contributed by atoms with E-state index in [4.69, 9.17) is 15.9 Å². The Labute approximate surface area is 118 Å². The maximum Gasteiger partial charge on any atom is 0.251 e. The fourth-order valence-corrected chi connectivity index (χ4v) is 1.62. The van der Waals surface area contributed by atoms with E-state index in [0.29, 0.717) is 13.1 Å². The molecule has 0 spiro atoms. The smallest absolute Gasteiger partial charge is 0.251 e. The van der Waals surface area contributed by atoms with Crippen LogP contribution in [-0.2, 0) is 4.79 Å². The van der Waals surface area contributed by atoms with Gasteiger partial charge in [-0.1, -0.05) is 12.8 Å². The van der Waals surface area contributed by atoms with Crippen molar-refractivity contribution in [3.05, 3.63) is 0 Å². The topological polar surface area (TPSA) is 156 Å². The Hall–Kier alpha value is -0.770. The number of aliphatic hydroxyl groups excluding tert-OH is 5. The molecule has 0 radical (unpaired) electrons. The Morgan fingerprint density at radius 2 is 1.60 bits per heavy atom. The van der Waals surface area contributed by atoms with Gasteiger partial charge in [0.2, 0.25) is 0 Å². The molecule has 0 bridgehead atoms. The molecule has 0 aliphatic heterocycles. The van der Waals surface area contributed by atoms with Gasteiger partial charge in [0.15, 0.2) is 6.10 Å². The Morgan fingerprint density at radius 1 is 1.00 bits per heavy atom. The van der Waals surface area contributed by atoms with Crippen molar-refractivity contribution in [3.63, 3.8) is 0 Å². The van der Waals surface area contributed by atoms with Crippen molar-refractivity contribution in [2.75, 3.05) is 19.7 Å². The van der Waals surface area contributed by atoms with Crippen LogP contribution in [-0.4, -0.2) is 75.6 Å². The van der Waals surface area contributed by atoms with Crippen molar-refractivity contribution in [2.45, 2.75) is 50.1 Å². The van der Waals surface area contributed by atoms with Crippen LogP contribution in [0.15, 0.2) is 0 Å². The first-order valence-electron chi connectivity index (χ1n) is 6.76. The first-order valence-corrected chi connectivity index (χ1v) is 6.76. The number of amides is 1. The van der Waals surface area contributed by atoms with Crippen LogP contribution in [0, 0.1) is 0 Å². The largest absolute Gasteiger partial charge is 0.394 e. The predicted molar refractivity (Wildman–Crippen MR) is 71.6 cm³/mol. The van der Waals surface area contributed by atoms with Gasteiger partial charge in [0, 0.05) is 6.54 Å². The van der Waals surface area contributed by atoms with Crippen molar-refractivity contribution in [1.82, 2.24) is 5.32 Å². The summed E-state index contributed by atoms with van der Waals surface area (Å²) in [4.78, 5) is 11.5. The molecule has 0 aromatic rings. The number of unbranched alkanes of at least 4 members (excludes halogenated alkanes) is 3. The van der Waals surface area contributed by atoms with Gasteiger partial charge in [-0.05, 0) is 19.4 Å². The number of hydrogen-bond donors (Lipinski definition) is 7. The summed E-state index contributed by atoms with van der Waals surface area (Å²) in [6.07, 6.45) is -3.67. The van der Waals surface area contributed by atoms with E-state index in [-0.39, 0.29) is 0 Å². The summed E-state index contributed by atoms with van der Waals surface area (Å²) in [5, 5.41) is 48.5. The fraction of sp³-hybridized carbons (Fsp3) is 0.917. The lowest BCUT2D eigenvalue weighted by Crippen LogP contribution is -2.51. The lowest BCUT2D eigenvalue weighted by Gasteiger charge is -2.24. The standard InChI is InChI=1S/C12H26N2O6/c13-5-3-1-2-4-6-14-12(20)11(19)10(18)9(17)8(16)7-15/h8-11,15-19H,1-7,13H2,(H,14,20). The van der Waals surface area contributed by atoms with Gasteiger partial charge in [-0.25, -0.2) is 0 Å². The summed E-state index contributed by atoms with van der Waals surface area (Å²) >= 11 is 0. The molecule has 0 aromatic heterocycles. The lowest BCUT2D eigenvalue weighted by molar-refractivity contribution is -0.148. The van der Waals surface area contributed by atoms with Crippen LogP contribution in [0.4, 0.5) is 0 Å². The van der Waals surface area contributed by atoms with Crippen molar-refractivity contribution < 1.29 is 30.3 Å². The fourth-order valence-electron chi connectivity index (χ4n) is 1.62. The average Bonchev–Trinajstić information content (AvgIpc) is 2.47. The summed E-state index contributed by atoms with van der Waals surface area (Å²) in [6.45, 7) is 0.182. The van der Waals surface area contributed by atoms with E-state index in [1.54, 1.807) is 0 Å². The van der Waals surface area contributed by atoms with E-state index in [1.807, 2.05) is 0 Å². The molecule has 8 N–H and O–H groups in total. The van der Waals surface area contributed by atoms with E-state index in [9.17, 15) is 20.1 Å². The van der Waals surface area contributed by atoms with Gasteiger partial charge in [-0.3, -0.25) is 4.79 Å². The molecule has 1 amide bonds. The number of carbonyl (C=O) groups excluding carboxylic acids is 1. The second-order valence-corrected chi connectivity index (χ2v) is 4.67. The highest BCUT2D eigenvalue weighted by Crippen LogP contribution is 2.05. The summed E-state index contributed by atoms with van der Waals surface area (Å²) in [7, 11) is 0. The average molecular weight is 294 g/mol. The van der Waals surface area contributed by atoms with Gasteiger partial charge < -0.3 is 36.6 Å². The molecule has 0 fully saturated rings. The predicted octanol–water partition coefficient (Wildman–Crippen LogP) is -2.94. The van der Waals surface area contributed by atoms with Crippen LogP contribution in [0.3, 0.4) is 0 Å². The normalized spacial score (nSPS) is 17.3. The second kappa shape index (κ2) is 11.0. The number of rotatable bonds is 11. The van der Waals surface area contributed by atoms with Gasteiger partial charge in [0.25, 0.3) is 5.91 Å². The van der Waals surface area contributed by atoms with Crippen molar-refractivity contribution in [2.24, 2.45) is 5.73 Å². The molecule has 0 aliphatic rings. The molecule has 20 heavy (non-hydrogen) atoms. The summed E-state index contributed by atoms with van der Waals surface area (Å²) < 4.78 is 0. The summed E-state index contributed by atoms with van der Waals surface area (Å²) in [5.41, 5.74) is 5.34. The molecule has 8 heteroatoms. The molecular weight excluding hydrogens is 268 g/mol. The highest BCUT2D eigenvalue weighted by Gasteiger charge is 2.33. The minimum Gasteiger partial charge on any atom is -0.394 e. The number of hydrogen-bond acceptors (Lipinski definition) is 7. The SMILES string of the molecule is NCCCCCCNC(=O)C(O)C(O)C(O)C(O)CO. The minimum absolute atomic E-state index is 0.339. The molecule has 0 heterocycles. The summed E-state index contributed by atoms with van der Waals surface area (Å²) in [6, 6.07) is 0. The molecule has 0 saturated heterocycles. The number of nitrogens with two attached hydrogens (primary N) is 1. The van der Waals surface area contributed by atoms with Crippen LogP contribution in [0.25, 0.3) is 0 Å². The van der Waals surface area contributed by atoms with Crippen molar-refractivity contribution in [3.8, 4) is 0 Å². The van der Waals surface area contributed by atoms with Crippen molar-refractivity contribution in [1.29, 1.82) is 0 Å². The molecule has 120 valence electrons. The maximum atomic E-state index is 11.5. The number of nitrogens with one attached hydrogen (secondary N) is 1. The highest BCUT2D eigenvalue weighted by molar-refractivity contribution is 5.81. The zero-order valence-electron chi connectivity index (χ0n) is 11.5. The summed E-state index contributed by atoms with van der Waals surface area (Å²) in [5.74, 6) is -0.833. The number of carbonyl (C=O) groups is 1. The van der Waals surface area contributed by atoms with Crippen LogP contribution in [0.5, 0.6) is 0 Å². The Balaban J connectivity index is 3.96. The molecule has 0 aliphatic carbocycles. The van der Waals surface area contributed by atoms with E-state index in [2.05, 4.69) is 5.32 Å². The minimum atomic E-state index is -1.87. The number of aliphatic hydroxyl groups is 5.